The van der Waals surface area contributed by atoms with Gasteiger partial charge in [-0.05, 0) is 37.7 Å². The van der Waals surface area contributed by atoms with E-state index in [1.807, 2.05) is 0 Å². The third-order valence-electron chi connectivity index (χ3n) is 4.76. The number of benzene rings is 1. The molecule has 0 spiro atoms. The predicted molar refractivity (Wildman–Crippen MR) is 86.4 cm³/mol. The molecule has 3 nitrogen and oxygen atoms in total. The molecule has 1 N–H and O–H groups in total. The highest BCUT2D eigenvalue weighted by Gasteiger charge is 2.37. The van der Waals surface area contributed by atoms with Crippen LogP contribution in [0.2, 0.25) is 0 Å². The van der Waals surface area contributed by atoms with Crippen molar-refractivity contribution < 1.29 is 4.74 Å². The van der Waals surface area contributed by atoms with E-state index in [0.29, 0.717) is 12.1 Å². The Morgan fingerprint density at radius 1 is 1.24 bits per heavy atom. The predicted octanol–water partition coefficient (Wildman–Crippen LogP) is 2.84. The summed E-state index contributed by atoms with van der Waals surface area (Å²) in [6, 6.07) is 12.2. The quantitative estimate of drug-likeness (QED) is 0.781. The molecule has 3 heteroatoms. The molecule has 1 aromatic carbocycles. The molecule has 1 aliphatic heterocycles. The molecule has 0 bridgehead atoms. The SMILES string of the molecule is CCOCCCN1CC(C2CC2)NCC1c1ccccc1. The molecule has 2 aliphatic rings. The van der Waals surface area contributed by atoms with Gasteiger partial charge in [-0.25, -0.2) is 0 Å². The summed E-state index contributed by atoms with van der Waals surface area (Å²) < 4.78 is 5.51. The number of nitrogens with zero attached hydrogens (tertiary/aromatic N) is 1. The Morgan fingerprint density at radius 2 is 2.05 bits per heavy atom. The van der Waals surface area contributed by atoms with Crippen LogP contribution in [0.3, 0.4) is 0 Å². The Balaban J connectivity index is 1.62. The van der Waals surface area contributed by atoms with Crippen molar-refractivity contribution in [3.63, 3.8) is 0 Å². The van der Waals surface area contributed by atoms with Crippen LogP contribution in [0.15, 0.2) is 30.3 Å². The Kier molecular flexibility index (Phi) is 5.28. The second-order valence-corrected chi connectivity index (χ2v) is 6.32. The molecule has 2 unspecified atom stereocenters. The molecular formula is C18H28N2O. The number of ether oxygens (including phenoxy) is 1. The van der Waals surface area contributed by atoms with Crippen LogP contribution in [-0.4, -0.2) is 43.8 Å². The number of rotatable bonds is 7. The molecule has 0 amide bonds. The number of nitrogens with one attached hydrogen (secondary N) is 1. The fraction of sp³-hybridized carbons (Fsp3) is 0.667. The topological polar surface area (TPSA) is 24.5 Å². The Hall–Kier alpha value is -0.900. The zero-order valence-corrected chi connectivity index (χ0v) is 13.1. The Labute approximate surface area is 128 Å². The van der Waals surface area contributed by atoms with Crippen molar-refractivity contribution in [1.82, 2.24) is 10.2 Å². The normalized spacial score (nSPS) is 26.9. The first kappa shape index (κ1) is 15.0. The summed E-state index contributed by atoms with van der Waals surface area (Å²) in [6.45, 7) is 7.20. The van der Waals surface area contributed by atoms with Crippen molar-refractivity contribution in [3.8, 4) is 0 Å². The third kappa shape index (κ3) is 4.06. The summed E-state index contributed by atoms with van der Waals surface area (Å²) in [6.07, 6.45) is 3.97. The van der Waals surface area contributed by atoms with E-state index in [0.717, 1.165) is 38.6 Å². The fourth-order valence-corrected chi connectivity index (χ4v) is 3.42. The number of hydrogen-bond donors (Lipinski definition) is 1. The number of hydrogen-bond acceptors (Lipinski definition) is 3. The standard InChI is InChI=1S/C18H28N2O/c1-2-21-12-6-11-20-14-17(15-9-10-15)19-13-18(20)16-7-4-3-5-8-16/h3-5,7-8,15,17-19H,2,6,9-14H2,1H3. The van der Waals surface area contributed by atoms with Gasteiger partial charge in [-0.3, -0.25) is 4.90 Å². The van der Waals surface area contributed by atoms with E-state index in [9.17, 15) is 0 Å². The van der Waals surface area contributed by atoms with E-state index in [2.05, 4.69) is 47.5 Å². The van der Waals surface area contributed by atoms with Crippen LogP contribution in [0.5, 0.6) is 0 Å². The van der Waals surface area contributed by atoms with E-state index in [4.69, 9.17) is 4.74 Å². The molecule has 2 fully saturated rings. The van der Waals surface area contributed by atoms with Crippen molar-refractivity contribution in [2.24, 2.45) is 5.92 Å². The summed E-state index contributed by atoms with van der Waals surface area (Å²) in [5.74, 6) is 0.927. The Morgan fingerprint density at radius 3 is 2.76 bits per heavy atom. The highest BCUT2D eigenvalue weighted by Crippen LogP contribution is 2.36. The fourth-order valence-electron chi connectivity index (χ4n) is 3.42. The van der Waals surface area contributed by atoms with Gasteiger partial charge in [0.25, 0.3) is 0 Å². The summed E-state index contributed by atoms with van der Waals surface area (Å²) in [7, 11) is 0. The minimum Gasteiger partial charge on any atom is -0.382 e. The van der Waals surface area contributed by atoms with Crippen molar-refractivity contribution in [3.05, 3.63) is 35.9 Å². The van der Waals surface area contributed by atoms with Crippen molar-refractivity contribution in [2.45, 2.75) is 38.3 Å². The van der Waals surface area contributed by atoms with E-state index >= 15 is 0 Å². The van der Waals surface area contributed by atoms with E-state index in [1.54, 1.807) is 0 Å². The second kappa shape index (κ2) is 7.39. The maximum atomic E-state index is 5.51. The van der Waals surface area contributed by atoms with Gasteiger partial charge in [0, 0.05) is 44.9 Å². The van der Waals surface area contributed by atoms with Gasteiger partial charge in [0.1, 0.15) is 0 Å². The van der Waals surface area contributed by atoms with Crippen LogP contribution in [0.4, 0.5) is 0 Å². The lowest BCUT2D eigenvalue weighted by molar-refractivity contribution is 0.0930. The Bertz CT molecular complexity index is 418. The van der Waals surface area contributed by atoms with E-state index in [1.165, 1.54) is 24.9 Å². The smallest absolute Gasteiger partial charge is 0.0478 e. The van der Waals surface area contributed by atoms with Gasteiger partial charge >= 0.3 is 0 Å². The van der Waals surface area contributed by atoms with E-state index < -0.39 is 0 Å². The zero-order chi connectivity index (χ0) is 14.5. The minimum absolute atomic E-state index is 0.517. The molecule has 116 valence electrons. The molecule has 21 heavy (non-hydrogen) atoms. The first-order valence-corrected chi connectivity index (χ1v) is 8.48. The third-order valence-corrected chi connectivity index (χ3v) is 4.76. The molecule has 3 rings (SSSR count). The summed E-state index contributed by atoms with van der Waals surface area (Å²) in [4.78, 5) is 2.67. The van der Waals surface area contributed by atoms with Gasteiger partial charge in [-0.1, -0.05) is 30.3 Å². The lowest BCUT2D eigenvalue weighted by Gasteiger charge is -2.41. The molecule has 1 aliphatic carbocycles. The highest BCUT2D eigenvalue weighted by molar-refractivity contribution is 5.20. The second-order valence-electron chi connectivity index (χ2n) is 6.32. The van der Waals surface area contributed by atoms with Gasteiger partial charge in [-0.15, -0.1) is 0 Å². The maximum Gasteiger partial charge on any atom is 0.0478 e. The largest absolute Gasteiger partial charge is 0.382 e. The van der Waals surface area contributed by atoms with Crippen molar-refractivity contribution >= 4 is 0 Å². The van der Waals surface area contributed by atoms with Gasteiger partial charge in [0.15, 0.2) is 0 Å². The molecule has 0 aromatic heterocycles. The maximum absolute atomic E-state index is 5.51. The van der Waals surface area contributed by atoms with Gasteiger partial charge in [0.2, 0.25) is 0 Å². The summed E-state index contributed by atoms with van der Waals surface area (Å²) in [5.41, 5.74) is 1.44. The van der Waals surface area contributed by atoms with Crippen LogP contribution >= 0.6 is 0 Å². The zero-order valence-electron chi connectivity index (χ0n) is 13.1. The van der Waals surface area contributed by atoms with Crippen LogP contribution in [0.1, 0.15) is 37.8 Å². The number of piperazine rings is 1. The molecule has 0 radical (unpaired) electrons. The summed E-state index contributed by atoms with van der Waals surface area (Å²) >= 11 is 0. The molecule has 2 atom stereocenters. The van der Waals surface area contributed by atoms with Crippen LogP contribution in [0.25, 0.3) is 0 Å². The highest BCUT2D eigenvalue weighted by atomic mass is 16.5. The van der Waals surface area contributed by atoms with Crippen LogP contribution in [-0.2, 0) is 4.74 Å². The lowest BCUT2D eigenvalue weighted by atomic mass is 9.99. The summed E-state index contributed by atoms with van der Waals surface area (Å²) in [5, 5.41) is 3.79. The minimum atomic E-state index is 0.517. The first-order valence-electron chi connectivity index (χ1n) is 8.48. The lowest BCUT2D eigenvalue weighted by Crippen LogP contribution is -2.53. The first-order chi connectivity index (χ1) is 10.4. The van der Waals surface area contributed by atoms with E-state index in [-0.39, 0.29) is 0 Å². The van der Waals surface area contributed by atoms with Crippen LogP contribution in [0, 0.1) is 5.92 Å². The van der Waals surface area contributed by atoms with Crippen molar-refractivity contribution in [1.29, 1.82) is 0 Å². The monoisotopic (exact) mass is 288 g/mol. The molecule has 1 saturated carbocycles. The van der Waals surface area contributed by atoms with Crippen LogP contribution < -0.4 is 5.32 Å². The molecular weight excluding hydrogens is 260 g/mol. The molecule has 1 saturated heterocycles. The average molecular weight is 288 g/mol. The van der Waals surface area contributed by atoms with Gasteiger partial charge in [-0.2, -0.15) is 0 Å². The van der Waals surface area contributed by atoms with Gasteiger partial charge in [0.05, 0.1) is 0 Å². The molecule has 1 aromatic rings. The van der Waals surface area contributed by atoms with Gasteiger partial charge < -0.3 is 10.1 Å². The van der Waals surface area contributed by atoms with Crippen molar-refractivity contribution in [2.75, 3.05) is 32.8 Å². The molecule has 1 heterocycles. The average Bonchev–Trinajstić information content (AvgIpc) is 3.37.